The van der Waals surface area contributed by atoms with Gasteiger partial charge >= 0.3 is 5.97 Å². The Balaban J connectivity index is 1.53. The van der Waals surface area contributed by atoms with E-state index in [4.69, 9.17) is 30.6 Å². The smallest absolute Gasteiger partial charge is 0.307 e. The number of likely N-dealkylation sites (tertiary alicyclic amines) is 1. The number of fused-ring (bicyclic) bond motifs is 1. The van der Waals surface area contributed by atoms with E-state index < -0.39 is 5.97 Å². The molecule has 0 spiro atoms. The van der Waals surface area contributed by atoms with E-state index in [0.29, 0.717) is 65.0 Å². The number of carbonyl (C=O) groups is 1. The average Bonchev–Trinajstić information content (AvgIpc) is 3.27. The van der Waals surface area contributed by atoms with Crippen LogP contribution < -0.4 is 14.9 Å². The highest BCUT2D eigenvalue weighted by molar-refractivity contribution is 6.34. The predicted molar refractivity (Wildman–Crippen MR) is 126 cm³/mol. The van der Waals surface area contributed by atoms with Crippen molar-refractivity contribution in [2.45, 2.75) is 19.8 Å². The second kappa shape index (κ2) is 10.3. The Hall–Kier alpha value is -3.03. The third kappa shape index (κ3) is 5.31. The second-order valence-corrected chi connectivity index (χ2v) is 8.42. The van der Waals surface area contributed by atoms with Crippen molar-refractivity contribution in [1.82, 2.24) is 4.90 Å². The number of hydrogen-bond acceptors (Lipinski definition) is 6. The van der Waals surface area contributed by atoms with Crippen LogP contribution in [0.2, 0.25) is 5.02 Å². The van der Waals surface area contributed by atoms with Crippen LogP contribution in [0.1, 0.15) is 19.8 Å². The zero-order chi connectivity index (χ0) is 23.4. The lowest BCUT2D eigenvalue weighted by Crippen LogP contribution is -2.25. The Morgan fingerprint density at radius 2 is 2.09 bits per heavy atom. The van der Waals surface area contributed by atoms with Crippen molar-refractivity contribution in [3.63, 3.8) is 0 Å². The minimum absolute atomic E-state index is 0.185. The fraction of sp³-hybridized carbons (Fsp3) is 0.360. The van der Waals surface area contributed by atoms with Gasteiger partial charge in [-0.15, -0.1) is 0 Å². The molecule has 3 aromatic rings. The molecule has 1 saturated heterocycles. The van der Waals surface area contributed by atoms with Gasteiger partial charge in [-0.1, -0.05) is 17.7 Å². The summed E-state index contributed by atoms with van der Waals surface area (Å²) < 4.78 is 17.7. The van der Waals surface area contributed by atoms with Gasteiger partial charge in [0, 0.05) is 25.2 Å². The van der Waals surface area contributed by atoms with Crippen LogP contribution in [0.15, 0.2) is 51.7 Å². The van der Waals surface area contributed by atoms with E-state index in [2.05, 4.69) is 4.90 Å². The van der Waals surface area contributed by atoms with Crippen LogP contribution in [0, 0.1) is 5.92 Å². The molecule has 174 valence electrons. The molecular weight excluding hydrogens is 446 g/mol. The van der Waals surface area contributed by atoms with Crippen LogP contribution in [0.25, 0.3) is 22.3 Å². The highest BCUT2D eigenvalue weighted by Gasteiger charge is 2.27. The number of hydrogen-bond donors (Lipinski definition) is 1. The van der Waals surface area contributed by atoms with Crippen molar-refractivity contribution in [1.29, 1.82) is 0 Å². The molecule has 1 fully saturated rings. The molecule has 0 saturated carbocycles. The largest absolute Gasteiger partial charge is 0.494 e. The number of benzene rings is 2. The minimum atomic E-state index is -0.733. The highest BCUT2D eigenvalue weighted by Crippen LogP contribution is 2.35. The van der Waals surface area contributed by atoms with Gasteiger partial charge in [0.15, 0.2) is 11.0 Å². The quantitative estimate of drug-likeness (QED) is 0.453. The molecule has 33 heavy (non-hydrogen) atoms. The second-order valence-electron chi connectivity index (χ2n) is 8.01. The summed E-state index contributed by atoms with van der Waals surface area (Å²) >= 11 is 6.26. The number of carboxylic acid groups (broad SMARTS) is 1. The Labute approximate surface area is 196 Å². The topological polar surface area (TPSA) is 89.2 Å². The molecule has 2 aromatic carbocycles. The third-order valence-corrected chi connectivity index (χ3v) is 6.03. The fourth-order valence-electron chi connectivity index (χ4n) is 4.07. The van der Waals surface area contributed by atoms with Gasteiger partial charge in [-0.3, -0.25) is 9.59 Å². The summed E-state index contributed by atoms with van der Waals surface area (Å²) in [6, 6.07) is 11.9. The van der Waals surface area contributed by atoms with Crippen molar-refractivity contribution in [3.8, 4) is 22.8 Å². The average molecular weight is 472 g/mol. The van der Waals surface area contributed by atoms with E-state index in [0.717, 1.165) is 19.5 Å². The lowest BCUT2D eigenvalue weighted by atomic mass is 10.1. The van der Waals surface area contributed by atoms with Gasteiger partial charge in [-0.2, -0.15) is 0 Å². The van der Waals surface area contributed by atoms with Crippen molar-refractivity contribution >= 4 is 28.5 Å². The van der Waals surface area contributed by atoms with Gasteiger partial charge in [0.2, 0.25) is 0 Å². The normalized spacial score (nSPS) is 16.2. The maximum absolute atomic E-state index is 12.7. The summed E-state index contributed by atoms with van der Waals surface area (Å²) in [6.07, 6.45) is 1.42. The summed E-state index contributed by atoms with van der Waals surface area (Å²) in [6.45, 7) is 4.95. The molecular formula is C25H26ClNO6. The summed E-state index contributed by atoms with van der Waals surface area (Å²) in [4.78, 5) is 25.9. The first-order valence-corrected chi connectivity index (χ1v) is 11.4. The number of ether oxygens (including phenoxy) is 2. The number of para-hydroxylation sites is 1. The molecule has 1 unspecified atom stereocenters. The van der Waals surface area contributed by atoms with Gasteiger partial charge < -0.3 is 23.9 Å². The van der Waals surface area contributed by atoms with Gasteiger partial charge in [-0.25, -0.2) is 0 Å². The summed E-state index contributed by atoms with van der Waals surface area (Å²) in [5.74, 6) is 0.537. The maximum atomic E-state index is 12.7. The lowest BCUT2D eigenvalue weighted by Gasteiger charge is -2.17. The molecule has 1 aromatic heterocycles. The SMILES string of the molecule is CCOc1ccc(-c2cc(=O)c3cccc(Cl)c3o2)c(OCCCN2CCC(C(=O)O)C2)c1. The molecule has 0 bridgehead atoms. The van der Waals surface area contributed by atoms with Crippen LogP contribution in [-0.2, 0) is 4.79 Å². The molecule has 2 heterocycles. The lowest BCUT2D eigenvalue weighted by molar-refractivity contribution is -0.141. The molecule has 1 N–H and O–H groups in total. The van der Waals surface area contributed by atoms with Crippen molar-refractivity contribution in [3.05, 3.63) is 57.7 Å². The highest BCUT2D eigenvalue weighted by atomic mass is 35.5. The Kier molecular flexibility index (Phi) is 7.20. The Morgan fingerprint density at radius 1 is 1.24 bits per heavy atom. The van der Waals surface area contributed by atoms with Gasteiger partial charge in [0.1, 0.15) is 17.3 Å². The van der Waals surface area contributed by atoms with E-state index in [1.807, 2.05) is 6.92 Å². The molecule has 0 radical (unpaired) electrons. The standard InChI is InChI=1S/C25H26ClNO6/c1-2-31-17-7-8-19(23-14-21(28)18-5-3-6-20(26)24(18)33-23)22(13-17)32-12-4-10-27-11-9-16(15-27)25(29)30/h3,5-8,13-14,16H,2,4,9-12,15H2,1H3,(H,29,30). The van der Waals surface area contributed by atoms with E-state index in [-0.39, 0.29) is 11.3 Å². The first-order valence-electron chi connectivity index (χ1n) is 11.0. The van der Waals surface area contributed by atoms with Crippen LogP contribution in [0.4, 0.5) is 0 Å². The van der Waals surface area contributed by atoms with E-state index >= 15 is 0 Å². The first kappa shape index (κ1) is 23.1. The van der Waals surface area contributed by atoms with E-state index in [1.54, 1.807) is 36.4 Å². The number of rotatable bonds is 9. The molecule has 1 aliphatic heterocycles. The van der Waals surface area contributed by atoms with Gasteiger partial charge in [0.25, 0.3) is 0 Å². The molecule has 0 aliphatic carbocycles. The molecule has 1 aliphatic rings. The number of aliphatic carboxylic acids is 1. The van der Waals surface area contributed by atoms with Crippen LogP contribution in [0.3, 0.4) is 0 Å². The summed E-state index contributed by atoms with van der Waals surface area (Å²) in [7, 11) is 0. The third-order valence-electron chi connectivity index (χ3n) is 5.73. The van der Waals surface area contributed by atoms with Crippen LogP contribution in [-0.4, -0.2) is 48.8 Å². The maximum Gasteiger partial charge on any atom is 0.307 e. The van der Waals surface area contributed by atoms with Gasteiger partial charge in [-0.05, 0) is 50.6 Å². The zero-order valence-electron chi connectivity index (χ0n) is 18.4. The number of nitrogens with zero attached hydrogens (tertiary/aromatic N) is 1. The fourth-order valence-corrected chi connectivity index (χ4v) is 4.28. The minimum Gasteiger partial charge on any atom is -0.494 e. The molecule has 8 heteroatoms. The van der Waals surface area contributed by atoms with Gasteiger partial charge in [0.05, 0.1) is 35.1 Å². The molecule has 7 nitrogen and oxygen atoms in total. The predicted octanol–water partition coefficient (Wildman–Crippen LogP) is 4.69. The van der Waals surface area contributed by atoms with E-state index in [9.17, 15) is 9.59 Å². The van der Waals surface area contributed by atoms with Crippen LogP contribution in [0.5, 0.6) is 11.5 Å². The Morgan fingerprint density at radius 3 is 2.85 bits per heavy atom. The van der Waals surface area contributed by atoms with Crippen molar-refractivity contribution < 1.29 is 23.8 Å². The summed E-state index contributed by atoms with van der Waals surface area (Å²) in [5, 5.41) is 9.95. The first-order chi connectivity index (χ1) is 16.0. The monoisotopic (exact) mass is 471 g/mol. The molecule has 1 atom stereocenters. The zero-order valence-corrected chi connectivity index (χ0v) is 19.1. The van der Waals surface area contributed by atoms with E-state index in [1.165, 1.54) is 6.07 Å². The van der Waals surface area contributed by atoms with Crippen molar-refractivity contribution in [2.24, 2.45) is 5.92 Å². The molecule has 4 rings (SSSR count). The summed E-state index contributed by atoms with van der Waals surface area (Å²) in [5.41, 5.74) is 0.781. The number of halogens is 1. The number of carboxylic acids is 1. The van der Waals surface area contributed by atoms with Crippen molar-refractivity contribution in [2.75, 3.05) is 32.8 Å². The Bertz CT molecular complexity index is 1210. The molecule has 0 amide bonds. The van der Waals surface area contributed by atoms with Crippen LogP contribution >= 0.6 is 11.6 Å².